The van der Waals surface area contributed by atoms with Gasteiger partial charge in [-0.15, -0.1) is 24.0 Å². The molecule has 0 saturated heterocycles. The van der Waals surface area contributed by atoms with Crippen molar-refractivity contribution in [2.24, 2.45) is 4.99 Å². The summed E-state index contributed by atoms with van der Waals surface area (Å²) < 4.78 is 0. The Morgan fingerprint density at radius 2 is 1.78 bits per heavy atom. The normalized spacial score (nSPS) is 13.4. The highest BCUT2D eigenvalue weighted by Crippen LogP contribution is 2.18. The quantitative estimate of drug-likeness (QED) is 0.404. The van der Waals surface area contributed by atoms with Gasteiger partial charge in [0.05, 0.1) is 6.54 Å². The first-order valence-corrected chi connectivity index (χ1v) is 9.01. The summed E-state index contributed by atoms with van der Waals surface area (Å²) in [5, 5.41) is 6.40. The number of halogens is 1. The van der Waals surface area contributed by atoms with Crippen molar-refractivity contribution in [1.82, 2.24) is 15.5 Å². The Hall–Kier alpha value is -2.09. The summed E-state index contributed by atoms with van der Waals surface area (Å²) in [4.78, 5) is 18.7. The second-order valence-corrected chi connectivity index (χ2v) is 6.54. The molecule has 0 atom stereocenters. The van der Waals surface area contributed by atoms with Crippen molar-refractivity contribution in [3.05, 3.63) is 70.8 Å². The topological polar surface area (TPSA) is 56.7 Å². The van der Waals surface area contributed by atoms with Gasteiger partial charge in [0.25, 0.3) is 0 Å². The summed E-state index contributed by atoms with van der Waals surface area (Å²) in [5.41, 5.74) is 5.04. The molecular weight excluding hydrogens is 451 g/mol. The van der Waals surface area contributed by atoms with E-state index >= 15 is 0 Å². The molecule has 2 aromatic carbocycles. The molecule has 27 heavy (non-hydrogen) atoms. The first kappa shape index (κ1) is 21.2. The van der Waals surface area contributed by atoms with Gasteiger partial charge in [-0.3, -0.25) is 9.79 Å². The molecule has 0 fully saturated rings. The zero-order valence-corrected chi connectivity index (χ0v) is 18.2. The van der Waals surface area contributed by atoms with Crippen LogP contribution in [0.25, 0.3) is 0 Å². The molecule has 0 spiro atoms. The minimum atomic E-state index is 0. The van der Waals surface area contributed by atoms with Crippen LogP contribution in [0, 0.1) is 6.92 Å². The fraction of sp³-hybridized carbons (Fsp3) is 0.333. The second kappa shape index (κ2) is 10.3. The van der Waals surface area contributed by atoms with Crippen LogP contribution in [-0.4, -0.2) is 36.9 Å². The fourth-order valence-corrected chi connectivity index (χ4v) is 3.19. The van der Waals surface area contributed by atoms with Gasteiger partial charge in [0.15, 0.2) is 5.96 Å². The number of hydrogen-bond acceptors (Lipinski definition) is 2. The highest BCUT2D eigenvalue weighted by Gasteiger charge is 2.20. The van der Waals surface area contributed by atoms with Crippen molar-refractivity contribution in [2.75, 3.05) is 20.1 Å². The number of amides is 1. The Morgan fingerprint density at radius 3 is 2.52 bits per heavy atom. The lowest BCUT2D eigenvalue weighted by Crippen LogP contribution is -2.45. The molecule has 2 N–H and O–H groups in total. The number of carbonyl (C=O) groups is 1. The lowest BCUT2D eigenvalue weighted by Gasteiger charge is -2.29. The molecule has 144 valence electrons. The van der Waals surface area contributed by atoms with E-state index in [4.69, 9.17) is 0 Å². The van der Waals surface area contributed by atoms with Gasteiger partial charge < -0.3 is 15.5 Å². The van der Waals surface area contributed by atoms with E-state index in [1.54, 1.807) is 7.05 Å². The average Bonchev–Trinajstić information content (AvgIpc) is 2.68. The molecule has 0 radical (unpaired) electrons. The van der Waals surface area contributed by atoms with Crippen molar-refractivity contribution >= 4 is 35.8 Å². The number of carbonyl (C=O) groups excluding carboxylic acids is 1. The predicted octanol–water partition coefficient (Wildman–Crippen LogP) is 2.86. The molecular formula is C21H27IN4O. The van der Waals surface area contributed by atoms with Crippen molar-refractivity contribution < 1.29 is 4.79 Å². The molecule has 6 heteroatoms. The number of fused-ring (bicyclic) bond motifs is 1. The van der Waals surface area contributed by atoms with Crippen LogP contribution in [0.5, 0.6) is 0 Å². The van der Waals surface area contributed by atoms with Gasteiger partial charge in [-0.2, -0.15) is 0 Å². The Bertz CT molecular complexity index is 806. The third-order valence-corrected chi connectivity index (χ3v) is 4.82. The van der Waals surface area contributed by atoms with Crippen LogP contribution in [0.2, 0.25) is 0 Å². The zero-order chi connectivity index (χ0) is 18.4. The monoisotopic (exact) mass is 478 g/mol. The number of benzene rings is 2. The van der Waals surface area contributed by atoms with Crippen LogP contribution >= 0.6 is 24.0 Å². The number of rotatable bonds is 4. The molecule has 0 aromatic heterocycles. The van der Waals surface area contributed by atoms with Crippen molar-refractivity contribution in [3.8, 4) is 0 Å². The molecule has 0 bridgehead atoms. The van der Waals surface area contributed by atoms with E-state index in [1.807, 2.05) is 23.1 Å². The minimum Gasteiger partial charge on any atom is -0.352 e. The van der Waals surface area contributed by atoms with Gasteiger partial charge in [-0.25, -0.2) is 0 Å². The first-order valence-electron chi connectivity index (χ1n) is 9.01. The van der Waals surface area contributed by atoms with E-state index in [-0.39, 0.29) is 36.4 Å². The third-order valence-electron chi connectivity index (χ3n) is 4.82. The van der Waals surface area contributed by atoms with Gasteiger partial charge in [-0.05, 0) is 35.6 Å². The van der Waals surface area contributed by atoms with Gasteiger partial charge in [0, 0.05) is 26.7 Å². The predicted molar refractivity (Wildman–Crippen MR) is 120 cm³/mol. The van der Waals surface area contributed by atoms with Gasteiger partial charge in [0.1, 0.15) is 0 Å². The number of hydrogen-bond donors (Lipinski definition) is 2. The van der Waals surface area contributed by atoms with E-state index in [9.17, 15) is 4.79 Å². The maximum atomic E-state index is 12.5. The van der Waals surface area contributed by atoms with Crippen LogP contribution in [0.4, 0.5) is 0 Å². The number of nitrogens with one attached hydrogen (secondary N) is 2. The maximum Gasteiger partial charge on any atom is 0.242 e. The molecule has 0 aliphatic carbocycles. The highest BCUT2D eigenvalue weighted by molar-refractivity contribution is 14.0. The SMILES string of the molecule is CN=C(NCC(=O)N1CCc2ccccc2C1)NCc1ccccc1C.I. The fourth-order valence-electron chi connectivity index (χ4n) is 3.19. The van der Waals surface area contributed by atoms with Gasteiger partial charge >= 0.3 is 0 Å². The van der Waals surface area contributed by atoms with E-state index in [1.165, 1.54) is 22.3 Å². The summed E-state index contributed by atoms with van der Waals surface area (Å²) >= 11 is 0. The average molecular weight is 478 g/mol. The van der Waals surface area contributed by atoms with Crippen molar-refractivity contribution in [1.29, 1.82) is 0 Å². The molecule has 2 aromatic rings. The van der Waals surface area contributed by atoms with Crippen LogP contribution < -0.4 is 10.6 Å². The molecule has 5 nitrogen and oxygen atoms in total. The first-order chi connectivity index (χ1) is 12.7. The van der Waals surface area contributed by atoms with Crippen molar-refractivity contribution in [2.45, 2.75) is 26.4 Å². The Labute approximate surface area is 178 Å². The standard InChI is InChI=1S/C21H26N4O.HI/c1-16-7-3-4-9-18(16)13-23-21(22-2)24-14-20(26)25-12-11-17-8-5-6-10-19(17)15-25;/h3-10H,11-15H2,1-2H3,(H2,22,23,24);1H. The molecule has 0 saturated carbocycles. The van der Waals surface area contributed by atoms with Gasteiger partial charge in [0.2, 0.25) is 5.91 Å². The summed E-state index contributed by atoms with van der Waals surface area (Å²) in [6, 6.07) is 16.6. The van der Waals surface area contributed by atoms with E-state index < -0.39 is 0 Å². The summed E-state index contributed by atoms with van der Waals surface area (Å²) in [6.45, 7) is 4.47. The van der Waals surface area contributed by atoms with Crippen LogP contribution in [0.1, 0.15) is 22.3 Å². The molecule has 1 aliphatic heterocycles. The number of aryl methyl sites for hydroxylation is 1. The minimum absolute atomic E-state index is 0. The molecule has 1 heterocycles. The second-order valence-electron chi connectivity index (χ2n) is 6.54. The molecule has 1 aliphatic rings. The largest absolute Gasteiger partial charge is 0.352 e. The number of aliphatic imine (C=N–C) groups is 1. The number of guanidine groups is 1. The number of nitrogens with zero attached hydrogens (tertiary/aromatic N) is 2. The summed E-state index contributed by atoms with van der Waals surface area (Å²) in [7, 11) is 1.72. The van der Waals surface area contributed by atoms with Crippen LogP contribution in [-0.2, 0) is 24.3 Å². The zero-order valence-electron chi connectivity index (χ0n) is 15.9. The van der Waals surface area contributed by atoms with E-state index in [2.05, 4.69) is 52.9 Å². The van der Waals surface area contributed by atoms with E-state index in [0.717, 1.165) is 13.0 Å². The summed E-state index contributed by atoms with van der Waals surface area (Å²) in [6.07, 6.45) is 0.919. The Morgan fingerprint density at radius 1 is 1.07 bits per heavy atom. The maximum absolute atomic E-state index is 12.5. The molecule has 3 rings (SSSR count). The lowest BCUT2D eigenvalue weighted by atomic mass is 10.00. The Balaban J connectivity index is 0.00000261. The van der Waals surface area contributed by atoms with E-state index in [0.29, 0.717) is 19.0 Å². The van der Waals surface area contributed by atoms with Crippen LogP contribution in [0.15, 0.2) is 53.5 Å². The third kappa shape index (κ3) is 5.69. The highest BCUT2D eigenvalue weighted by atomic mass is 127. The molecule has 0 unspecified atom stereocenters. The summed E-state index contributed by atoms with van der Waals surface area (Å²) in [5.74, 6) is 0.734. The Kier molecular flexibility index (Phi) is 8.09. The molecule has 1 amide bonds. The van der Waals surface area contributed by atoms with Gasteiger partial charge in [-0.1, -0.05) is 48.5 Å². The lowest BCUT2D eigenvalue weighted by molar-refractivity contribution is -0.130. The smallest absolute Gasteiger partial charge is 0.242 e. The van der Waals surface area contributed by atoms with Crippen molar-refractivity contribution in [3.63, 3.8) is 0 Å². The van der Waals surface area contributed by atoms with Crippen LogP contribution in [0.3, 0.4) is 0 Å².